The number of hydrogen-bond acceptors (Lipinski definition) is 2. The van der Waals surface area contributed by atoms with E-state index in [9.17, 15) is 0 Å². The molecule has 0 aromatic rings. The minimum absolute atomic E-state index is 0.736. The van der Waals surface area contributed by atoms with Crippen molar-refractivity contribution in [3.05, 3.63) is 0 Å². The van der Waals surface area contributed by atoms with Gasteiger partial charge in [-0.2, -0.15) is 0 Å². The van der Waals surface area contributed by atoms with Gasteiger partial charge in [0.2, 0.25) is 0 Å². The highest BCUT2D eigenvalue weighted by molar-refractivity contribution is 4.93. The number of nitrogens with zero attached hydrogens (tertiary/aromatic N) is 1. The minimum atomic E-state index is 0.736. The van der Waals surface area contributed by atoms with Crippen molar-refractivity contribution in [3.63, 3.8) is 0 Å². The molecular weight excluding hydrogens is 136 g/mol. The van der Waals surface area contributed by atoms with Crippen molar-refractivity contribution in [1.29, 1.82) is 0 Å². The van der Waals surface area contributed by atoms with Gasteiger partial charge in [0.25, 0.3) is 0 Å². The first-order valence-corrected chi connectivity index (χ1v) is 4.76. The molecule has 0 unspecified atom stereocenters. The molecule has 0 aromatic carbocycles. The van der Waals surface area contributed by atoms with Gasteiger partial charge in [-0.05, 0) is 26.7 Å². The van der Waals surface area contributed by atoms with Crippen LogP contribution in [0, 0.1) is 0 Å². The van der Waals surface area contributed by atoms with Crippen LogP contribution in [0.25, 0.3) is 0 Å². The SMILES string of the molecule is CC(C)N1C[C@H]2CC[C@@H](C1)N2. The average Bonchev–Trinajstić information content (AvgIpc) is 2.30. The first-order valence-electron chi connectivity index (χ1n) is 4.76. The first-order chi connectivity index (χ1) is 5.25. The van der Waals surface area contributed by atoms with E-state index >= 15 is 0 Å². The maximum Gasteiger partial charge on any atom is 0.0198 e. The maximum atomic E-state index is 3.63. The van der Waals surface area contributed by atoms with Crippen LogP contribution in [-0.4, -0.2) is 36.1 Å². The van der Waals surface area contributed by atoms with Gasteiger partial charge < -0.3 is 5.32 Å². The van der Waals surface area contributed by atoms with Gasteiger partial charge in [0.05, 0.1) is 0 Å². The number of nitrogens with one attached hydrogen (secondary N) is 1. The van der Waals surface area contributed by atoms with E-state index in [-0.39, 0.29) is 0 Å². The number of hydrogen-bond donors (Lipinski definition) is 1. The molecule has 2 nitrogen and oxygen atoms in total. The second-order valence-corrected chi connectivity index (χ2v) is 4.19. The standard InChI is InChI=1S/C9H18N2/c1-7(2)11-5-8-3-4-9(6-11)10-8/h7-10H,3-6H2,1-2H3/t8-,9+. The van der Waals surface area contributed by atoms with Crippen LogP contribution >= 0.6 is 0 Å². The highest BCUT2D eigenvalue weighted by Crippen LogP contribution is 2.21. The Morgan fingerprint density at radius 1 is 1.18 bits per heavy atom. The molecule has 2 aliphatic rings. The van der Waals surface area contributed by atoms with Gasteiger partial charge in [0.1, 0.15) is 0 Å². The zero-order valence-corrected chi connectivity index (χ0v) is 7.51. The summed E-state index contributed by atoms with van der Waals surface area (Å²) in [5.74, 6) is 0. The molecule has 2 aliphatic heterocycles. The quantitative estimate of drug-likeness (QED) is 0.602. The predicted octanol–water partition coefficient (Wildman–Crippen LogP) is 0.831. The molecule has 0 saturated carbocycles. The van der Waals surface area contributed by atoms with Gasteiger partial charge in [-0.1, -0.05) is 0 Å². The molecule has 0 radical (unpaired) electrons. The number of fused-ring (bicyclic) bond motifs is 2. The lowest BCUT2D eigenvalue weighted by molar-refractivity contribution is 0.158. The van der Waals surface area contributed by atoms with Crippen molar-refractivity contribution in [2.45, 2.75) is 44.8 Å². The largest absolute Gasteiger partial charge is 0.309 e. The molecule has 0 aromatic heterocycles. The lowest BCUT2D eigenvalue weighted by atomic mass is 10.2. The highest BCUT2D eigenvalue weighted by Gasteiger charge is 2.32. The zero-order valence-electron chi connectivity index (χ0n) is 7.51. The maximum absolute atomic E-state index is 3.63. The van der Waals surface area contributed by atoms with E-state index in [1.165, 1.54) is 25.9 Å². The Labute approximate surface area is 69.0 Å². The molecule has 1 N–H and O–H groups in total. The Balaban J connectivity index is 1.97. The van der Waals surface area contributed by atoms with Gasteiger partial charge >= 0.3 is 0 Å². The smallest absolute Gasteiger partial charge is 0.0198 e. The summed E-state index contributed by atoms with van der Waals surface area (Å²) in [4.78, 5) is 2.60. The summed E-state index contributed by atoms with van der Waals surface area (Å²) < 4.78 is 0. The minimum Gasteiger partial charge on any atom is -0.309 e. The van der Waals surface area contributed by atoms with Gasteiger partial charge in [-0.3, -0.25) is 4.90 Å². The molecule has 0 aliphatic carbocycles. The van der Waals surface area contributed by atoms with Crippen LogP contribution in [0.4, 0.5) is 0 Å². The third-order valence-electron chi connectivity index (χ3n) is 2.98. The molecule has 2 heteroatoms. The Morgan fingerprint density at radius 3 is 2.18 bits per heavy atom. The normalized spacial score (nSPS) is 38.5. The van der Waals surface area contributed by atoms with E-state index in [4.69, 9.17) is 0 Å². The van der Waals surface area contributed by atoms with E-state index in [1.54, 1.807) is 0 Å². The lowest BCUT2D eigenvalue weighted by Crippen LogP contribution is -2.53. The third-order valence-corrected chi connectivity index (χ3v) is 2.98. The van der Waals surface area contributed by atoms with E-state index < -0.39 is 0 Å². The van der Waals surface area contributed by atoms with E-state index in [0.29, 0.717) is 0 Å². The summed E-state index contributed by atoms with van der Waals surface area (Å²) >= 11 is 0. The Kier molecular flexibility index (Phi) is 1.90. The zero-order chi connectivity index (χ0) is 7.84. The molecule has 2 bridgehead atoms. The van der Waals surface area contributed by atoms with Crippen LogP contribution in [0.15, 0.2) is 0 Å². The monoisotopic (exact) mass is 154 g/mol. The summed E-state index contributed by atoms with van der Waals surface area (Å²) in [7, 11) is 0. The fourth-order valence-corrected chi connectivity index (χ4v) is 2.25. The summed E-state index contributed by atoms with van der Waals surface area (Å²) in [6, 6.07) is 2.34. The van der Waals surface area contributed by atoms with Crippen molar-refractivity contribution in [2.75, 3.05) is 13.1 Å². The van der Waals surface area contributed by atoms with Crippen LogP contribution in [0.5, 0.6) is 0 Å². The first kappa shape index (κ1) is 7.56. The second-order valence-electron chi connectivity index (χ2n) is 4.19. The van der Waals surface area contributed by atoms with Crippen LogP contribution in [0.2, 0.25) is 0 Å². The van der Waals surface area contributed by atoms with Crippen molar-refractivity contribution < 1.29 is 0 Å². The Bertz CT molecular complexity index is 132. The molecule has 0 spiro atoms. The van der Waals surface area contributed by atoms with Gasteiger partial charge in [-0.25, -0.2) is 0 Å². The van der Waals surface area contributed by atoms with Gasteiger partial charge in [0.15, 0.2) is 0 Å². The summed E-state index contributed by atoms with van der Waals surface area (Å²) in [6.07, 6.45) is 2.79. The predicted molar refractivity (Wildman–Crippen MR) is 46.7 cm³/mol. The fraction of sp³-hybridized carbons (Fsp3) is 1.00. The second kappa shape index (κ2) is 2.76. The number of likely N-dealkylation sites (tertiary alicyclic amines) is 1. The summed E-state index contributed by atoms with van der Waals surface area (Å²) in [6.45, 7) is 7.14. The molecule has 2 saturated heterocycles. The molecule has 2 atom stereocenters. The van der Waals surface area contributed by atoms with Crippen LogP contribution < -0.4 is 5.32 Å². The molecule has 2 rings (SSSR count). The summed E-state index contributed by atoms with van der Waals surface area (Å²) in [5, 5.41) is 3.63. The van der Waals surface area contributed by atoms with Crippen LogP contribution in [0.1, 0.15) is 26.7 Å². The molecule has 2 fully saturated rings. The fourth-order valence-electron chi connectivity index (χ4n) is 2.25. The molecule has 2 heterocycles. The Morgan fingerprint density at radius 2 is 1.73 bits per heavy atom. The number of rotatable bonds is 1. The Hall–Kier alpha value is -0.0800. The topological polar surface area (TPSA) is 15.3 Å². The van der Waals surface area contributed by atoms with E-state index in [1.807, 2.05) is 0 Å². The molecular formula is C9H18N2. The molecule has 11 heavy (non-hydrogen) atoms. The number of piperazine rings is 1. The highest BCUT2D eigenvalue weighted by atomic mass is 15.2. The molecule has 0 amide bonds. The van der Waals surface area contributed by atoms with Crippen molar-refractivity contribution in [1.82, 2.24) is 10.2 Å². The van der Waals surface area contributed by atoms with Crippen molar-refractivity contribution >= 4 is 0 Å². The van der Waals surface area contributed by atoms with E-state index in [0.717, 1.165) is 18.1 Å². The average molecular weight is 154 g/mol. The van der Waals surface area contributed by atoms with Crippen molar-refractivity contribution in [2.24, 2.45) is 0 Å². The van der Waals surface area contributed by atoms with Crippen LogP contribution in [-0.2, 0) is 0 Å². The van der Waals surface area contributed by atoms with Crippen LogP contribution in [0.3, 0.4) is 0 Å². The third kappa shape index (κ3) is 1.42. The van der Waals surface area contributed by atoms with Gasteiger partial charge in [-0.15, -0.1) is 0 Å². The van der Waals surface area contributed by atoms with Crippen molar-refractivity contribution in [3.8, 4) is 0 Å². The summed E-state index contributed by atoms with van der Waals surface area (Å²) in [5.41, 5.74) is 0. The lowest BCUT2D eigenvalue weighted by Gasteiger charge is -2.35. The van der Waals surface area contributed by atoms with Gasteiger partial charge in [0, 0.05) is 31.2 Å². The molecule has 64 valence electrons. The van der Waals surface area contributed by atoms with E-state index in [2.05, 4.69) is 24.1 Å².